The van der Waals surface area contributed by atoms with E-state index < -0.39 is 11.8 Å². The second-order valence-corrected chi connectivity index (χ2v) is 8.94. The Hall–Kier alpha value is -2.42. The number of aryl methyl sites for hydroxylation is 3. The molecule has 10 heteroatoms. The first-order valence-corrected chi connectivity index (χ1v) is 11.0. The Labute approximate surface area is 186 Å². The summed E-state index contributed by atoms with van der Waals surface area (Å²) in [6.45, 7) is 0.159. The third kappa shape index (κ3) is 4.21. The third-order valence-electron chi connectivity index (χ3n) is 5.01. The predicted molar refractivity (Wildman–Crippen MR) is 117 cm³/mol. The first kappa shape index (κ1) is 20.8. The molecule has 4 rings (SSSR count). The molecule has 0 unspecified atom stereocenters. The molecule has 0 spiro atoms. The average Bonchev–Trinajstić information content (AvgIpc) is 3.12. The Kier molecular flexibility index (Phi) is 6.08. The Bertz CT molecular complexity index is 1200. The van der Waals surface area contributed by atoms with Crippen LogP contribution in [-0.4, -0.2) is 21.4 Å². The van der Waals surface area contributed by atoms with E-state index in [9.17, 15) is 14.4 Å². The summed E-state index contributed by atoms with van der Waals surface area (Å²) in [5.41, 5.74) is 5.77. The minimum absolute atomic E-state index is 0.00296. The number of thiophene rings is 1. The first-order valence-electron chi connectivity index (χ1n) is 9.48. The van der Waals surface area contributed by atoms with Crippen molar-refractivity contribution in [3.05, 3.63) is 60.9 Å². The van der Waals surface area contributed by atoms with Gasteiger partial charge in [-0.05, 0) is 49.4 Å². The van der Waals surface area contributed by atoms with Crippen LogP contribution in [0, 0.1) is 0 Å². The van der Waals surface area contributed by atoms with Crippen LogP contribution >= 0.6 is 34.5 Å². The molecule has 1 aliphatic carbocycles. The number of halogens is 2. The maximum atomic E-state index is 12.9. The highest BCUT2D eigenvalue weighted by molar-refractivity contribution is 7.18. The van der Waals surface area contributed by atoms with Crippen molar-refractivity contribution in [1.29, 1.82) is 0 Å². The topological polar surface area (TPSA) is 93.1 Å². The quantitative estimate of drug-likeness (QED) is 0.577. The van der Waals surface area contributed by atoms with E-state index in [0.717, 1.165) is 36.1 Å². The Balaban J connectivity index is 1.40. The van der Waals surface area contributed by atoms with Crippen LogP contribution < -0.4 is 16.4 Å². The zero-order chi connectivity index (χ0) is 21.3. The van der Waals surface area contributed by atoms with Crippen LogP contribution in [0.3, 0.4) is 0 Å². The van der Waals surface area contributed by atoms with Crippen molar-refractivity contribution >= 4 is 56.6 Å². The van der Waals surface area contributed by atoms with E-state index in [1.807, 2.05) is 0 Å². The van der Waals surface area contributed by atoms with E-state index in [1.165, 1.54) is 27.9 Å². The summed E-state index contributed by atoms with van der Waals surface area (Å²) < 4.78 is 1.44. The highest BCUT2D eigenvalue weighted by atomic mass is 35.5. The summed E-state index contributed by atoms with van der Waals surface area (Å²) in [6.07, 6.45) is 5.59. The van der Waals surface area contributed by atoms with Crippen molar-refractivity contribution in [2.45, 2.75) is 38.6 Å². The summed E-state index contributed by atoms with van der Waals surface area (Å²) in [6, 6.07) is 4.47. The molecule has 0 aliphatic heterocycles. The van der Waals surface area contributed by atoms with Crippen molar-refractivity contribution in [2.24, 2.45) is 0 Å². The number of nitrogens with zero attached hydrogens (tertiary/aromatic N) is 2. The highest BCUT2D eigenvalue weighted by Crippen LogP contribution is 2.33. The predicted octanol–water partition coefficient (Wildman–Crippen LogP) is 3.49. The summed E-state index contributed by atoms with van der Waals surface area (Å²) >= 11 is 13.4. The van der Waals surface area contributed by atoms with Gasteiger partial charge in [0.25, 0.3) is 11.5 Å². The zero-order valence-electron chi connectivity index (χ0n) is 15.8. The SMILES string of the molecule is O=C(CCn1cnc2sc3c(c2c1=O)CCCC3)NNC(=O)c1cc(Cl)ccc1Cl. The smallest absolute Gasteiger partial charge is 0.271 e. The molecule has 2 heterocycles. The van der Waals surface area contributed by atoms with Crippen LogP contribution in [0.5, 0.6) is 0 Å². The van der Waals surface area contributed by atoms with E-state index in [-0.39, 0.29) is 29.1 Å². The van der Waals surface area contributed by atoms with Crippen LogP contribution in [0.15, 0.2) is 29.3 Å². The van der Waals surface area contributed by atoms with Crippen molar-refractivity contribution in [3.8, 4) is 0 Å². The van der Waals surface area contributed by atoms with Gasteiger partial charge in [0.15, 0.2) is 0 Å². The fourth-order valence-corrected chi connectivity index (χ4v) is 5.09. The summed E-state index contributed by atoms with van der Waals surface area (Å²) in [5.74, 6) is -1.03. The van der Waals surface area contributed by atoms with Gasteiger partial charge in [0.1, 0.15) is 4.83 Å². The average molecular weight is 465 g/mol. The molecule has 7 nitrogen and oxygen atoms in total. The monoisotopic (exact) mass is 464 g/mol. The third-order valence-corrected chi connectivity index (χ3v) is 6.77. The van der Waals surface area contributed by atoms with Crippen LogP contribution in [0.2, 0.25) is 10.0 Å². The number of carbonyl (C=O) groups is 2. The molecule has 2 N–H and O–H groups in total. The molecular weight excluding hydrogens is 447 g/mol. The molecule has 2 amide bonds. The van der Waals surface area contributed by atoms with Gasteiger partial charge < -0.3 is 0 Å². The number of carbonyl (C=O) groups excluding carboxylic acids is 2. The number of fused-ring (bicyclic) bond motifs is 3. The van der Waals surface area contributed by atoms with E-state index in [4.69, 9.17) is 23.2 Å². The van der Waals surface area contributed by atoms with Gasteiger partial charge in [-0.2, -0.15) is 0 Å². The Morgan fingerprint density at radius 3 is 2.80 bits per heavy atom. The largest absolute Gasteiger partial charge is 0.298 e. The lowest BCUT2D eigenvalue weighted by atomic mass is 9.97. The standard InChI is InChI=1S/C20H18Cl2N4O3S/c21-11-5-6-14(22)13(9-11)18(28)25-24-16(27)7-8-26-10-23-19-17(20(26)29)12-3-1-2-4-15(12)30-19/h5-6,9-10H,1-4,7-8H2,(H,24,27)(H,25,28). The maximum absolute atomic E-state index is 12.9. The number of nitrogens with one attached hydrogen (secondary N) is 2. The molecule has 3 aromatic rings. The minimum atomic E-state index is -0.582. The molecule has 2 aromatic heterocycles. The molecule has 156 valence electrons. The second kappa shape index (κ2) is 8.75. The number of aromatic nitrogens is 2. The number of rotatable bonds is 4. The lowest BCUT2D eigenvalue weighted by Crippen LogP contribution is -2.42. The lowest BCUT2D eigenvalue weighted by molar-refractivity contribution is -0.122. The summed E-state index contributed by atoms with van der Waals surface area (Å²) in [5, 5.41) is 1.26. The number of benzene rings is 1. The molecule has 0 fully saturated rings. The molecule has 0 saturated carbocycles. The molecule has 0 bridgehead atoms. The summed E-state index contributed by atoms with van der Waals surface area (Å²) in [7, 11) is 0. The van der Waals surface area contributed by atoms with Gasteiger partial charge in [0.05, 0.1) is 22.3 Å². The molecule has 0 atom stereocenters. The van der Waals surface area contributed by atoms with E-state index >= 15 is 0 Å². The van der Waals surface area contributed by atoms with Gasteiger partial charge in [0, 0.05) is 22.9 Å². The molecule has 1 aromatic carbocycles. The lowest BCUT2D eigenvalue weighted by Gasteiger charge is -2.11. The molecule has 1 aliphatic rings. The van der Waals surface area contributed by atoms with Crippen molar-refractivity contribution in [3.63, 3.8) is 0 Å². The van der Waals surface area contributed by atoms with Gasteiger partial charge in [-0.3, -0.25) is 29.8 Å². The summed E-state index contributed by atoms with van der Waals surface area (Å²) in [4.78, 5) is 43.6. The normalized spacial score (nSPS) is 13.1. The van der Waals surface area contributed by atoms with Crippen molar-refractivity contribution < 1.29 is 9.59 Å². The van der Waals surface area contributed by atoms with Gasteiger partial charge in [-0.25, -0.2) is 4.98 Å². The Morgan fingerprint density at radius 1 is 1.17 bits per heavy atom. The van der Waals surface area contributed by atoms with Gasteiger partial charge in [-0.15, -0.1) is 11.3 Å². The van der Waals surface area contributed by atoms with Gasteiger partial charge >= 0.3 is 0 Å². The molecule has 0 radical (unpaired) electrons. The molecule has 30 heavy (non-hydrogen) atoms. The molecule has 0 saturated heterocycles. The van der Waals surface area contributed by atoms with E-state index in [1.54, 1.807) is 17.4 Å². The Morgan fingerprint density at radius 2 is 1.97 bits per heavy atom. The number of hydrogen-bond acceptors (Lipinski definition) is 5. The van der Waals surface area contributed by atoms with E-state index in [0.29, 0.717) is 10.4 Å². The van der Waals surface area contributed by atoms with Gasteiger partial charge in [-0.1, -0.05) is 23.2 Å². The van der Waals surface area contributed by atoms with Crippen LogP contribution in [0.1, 0.15) is 40.1 Å². The zero-order valence-corrected chi connectivity index (χ0v) is 18.2. The first-order chi connectivity index (χ1) is 14.4. The highest BCUT2D eigenvalue weighted by Gasteiger charge is 2.20. The molecular formula is C20H18Cl2N4O3S. The van der Waals surface area contributed by atoms with Gasteiger partial charge in [0.2, 0.25) is 5.91 Å². The van der Waals surface area contributed by atoms with Crippen molar-refractivity contribution in [1.82, 2.24) is 20.4 Å². The van der Waals surface area contributed by atoms with Crippen LogP contribution in [0.4, 0.5) is 0 Å². The maximum Gasteiger partial charge on any atom is 0.271 e. The van der Waals surface area contributed by atoms with E-state index in [2.05, 4.69) is 15.8 Å². The fourth-order valence-electron chi connectivity index (χ4n) is 3.49. The van der Waals surface area contributed by atoms with Crippen LogP contribution in [0.25, 0.3) is 10.2 Å². The minimum Gasteiger partial charge on any atom is -0.298 e. The number of hydrazine groups is 1. The van der Waals surface area contributed by atoms with Crippen LogP contribution in [-0.2, 0) is 24.2 Å². The second-order valence-electron chi connectivity index (χ2n) is 7.01. The number of amides is 2. The number of hydrogen-bond donors (Lipinski definition) is 2. The van der Waals surface area contributed by atoms with Crippen molar-refractivity contribution in [2.75, 3.05) is 0 Å². The fraction of sp³-hybridized carbons (Fsp3) is 0.300.